The maximum absolute atomic E-state index is 13.9. The van der Waals surface area contributed by atoms with Gasteiger partial charge in [-0.25, -0.2) is 9.18 Å². The SMILES string of the molecule is COc1ccc(C(=O)OCc2cc(Cl)c3c(c2)OCCO3)c(F)c1. The van der Waals surface area contributed by atoms with Gasteiger partial charge in [0, 0.05) is 6.07 Å². The lowest BCUT2D eigenvalue weighted by Gasteiger charge is -2.20. The minimum atomic E-state index is -0.777. The molecule has 0 N–H and O–H groups in total. The van der Waals surface area contributed by atoms with Crippen LogP contribution in [0.5, 0.6) is 17.2 Å². The largest absolute Gasteiger partial charge is 0.497 e. The third-order valence-corrected chi connectivity index (χ3v) is 3.70. The van der Waals surface area contributed by atoms with Crippen LogP contribution in [0.3, 0.4) is 0 Å². The number of esters is 1. The average molecular weight is 353 g/mol. The monoisotopic (exact) mass is 352 g/mol. The van der Waals surface area contributed by atoms with Crippen LogP contribution in [-0.2, 0) is 11.3 Å². The number of hydrogen-bond donors (Lipinski definition) is 0. The minimum absolute atomic E-state index is 0.0688. The first-order valence-corrected chi connectivity index (χ1v) is 7.55. The number of carbonyl (C=O) groups is 1. The second-order valence-electron chi connectivity index (χ2n) is 5.02. The van der Waals surface area contributed by atoms with Crippen molar-refractivity contribution in [2.45, 2.75) is 6.61 Å². The summed E-state index contributed by atoms with van der Waals surface area (Å²) in [6.45, 7) is 0.780. The number of benzene rings is 2. The highest BCUT2D eigenvalue weighted by Crippen LogP contribution is 2.38. The Hall–Kier alpha value is -2.47. The van der Waals surface area contributed by atoms with E-state index in [1.807, 2.05) is 0 Å². The lowest BCUT2D eigenvalue weighted by Crippen LogP contribution is -2.16. The molecule has 0 spiro atoms. The highest BCUT2D eigenvalue weighted by molar-refractivity contribution is 6.32. The van der Waals surface area contributed by atoms with Gasteiger partial charge in [0.15, 0.2) is 11.5 Å². The van der Waals surface area contributed by atoms with Crippen LogP contribution in [0.15, 0.2) is 30.3 Å². The van der Waals surface area contributed by atoms with Crippen molar-refractivity contribution in [1.82, 2.24) is 0 Å². The Labute approximate surface area is 142 Å². The summed E-state index contributed by atoms with van der Waals surface area (Å²) in [6, 6.07) is 7.22. The van der Waals surface area contributed by atoms with Gasteiger partial charge in [-0.15, -0.1) is 0 Å². The molecule has 0 unspecified atom stereocenters. The Morgan fingerprint density at radius 1 is 1.25 bits per heavy atom. The number of halogens is 2. The number of ether oxygens (including phenoxy) is 4. The number of hydrogen-bond acceptors (Lipinski definition) is 5. The molecule has 1 heterocycles. The molecule has 0 amide bonds. The van der Waals surface area contributed by atoms with Gasteiger partial charge in [0.25, 0.3) is 0 Å². The van der Waals surface area contributed by atoms with E-state index in [1.165, 1.54) is 19.2 Å². The Kier molecular flexibility index (Phi) is 4.76. The van der Waals surface area contributed by atoms with E-state index in [-0.39, 0.29) is 12.2 Å². The molecule has 24 heavy (non-hydrogen) atoms. The number of carbonyl (C=O) groups excluding carboxylic acids is 1. The Bertz CT molecular complexity index is 778. The quantitative estimate of drug-likeness (QED) is 0.787. The zero-order valence-corrected chi connectivity index (χ0v) is 13.6. The van der Waals surface area contributed by atoms with E-state index in [9.17, 15) is 9.18 Å². The van der Waals surface area contributed by atoms with Gasteiger partial charge in [-0.2, -0.15) is 0 Å². The molecule has 0 bridgehead atoms. The summed E-state index contributed by atoms with van der Waals surface area (Å²) in [6.07, 6.45) is 0. The smallest absolute Gasteiger partial charge is 0.341 e. The van der Waals surface area contributed by atoms with E-state index in [1.54, 1.807) is 12.1 Å². The van der Waals surface area contributed by atoms with E-state index in [0.29, 0.717) is 41.0 Å². The highest BCUT2D eigenvalue weighted by atomic mass is 35.5. The maximum Gasteiger partial charge on any atom is 0.341 e. The third kappa shape index (κ3) is 3.38. The number of fused-ring (bicyclic) bond motifs is 1. The summed E-state index contributed by atoms with van der Waals surface area (Å²) in [5.41, 5.74) is 0.450. The van der Waals surface area contributed by atoms with Crippen LogP contribution < -0.4 is 14.2 Å². The predicted octanol–water partition coefficient (Wildman–Crippen LogP) is 3.62. The lowest BCUT2D eigenvalue weighted by molar-refractivity contribution is 0.0466. The predicted molar refractivity (Wildman–Crippen MR) is 84.5 cm³/mol. The molecule has 0 saturated carbocycles. The molecule has 1 aliphatic rings. The molecule has 0 saturated heterocycles. The van der Waals surface area contributed by atoms with E-state index in [2.05, 4.69) is 0 Å². The van der Waals surface area contributed by atoms with Gasteiger partial charge in [-0.05, 0) is 29.8 Å². The van der Waals surface area contributed by atoms with Crippen molar-refractivity contribution in [1.29, 1.82) is 0 Å². The number of methoxy groups -OCH3 is 1. The van der Waals surface area contributed by atoms with Crippen molar-refractivity contribution in [3.63, 3.8) is 0 Å². The van der Waals surface area contributed by atoms with Crippen molar-refractivity contribution in [3.05, 3.63) is 52.3 Å². The summed E-state index contributed by atoms with van der Waals surface area (Å²) in [5.74, 6) is -0.196. The van der Waals surface area contributed by atoms with E-state index in [4.69, 9.17) is 30.5 Å². The Morgan fingerprint density at radius 2 is 2.04 bits per heavy atom. The molecule has 0 radical (unpaired) electrons. The first kappa shape index (κ1) is 16.4. The van der Waals surface area contributed by atoms with Gasteiger partial charge < -0.3 is 18.9 Å². The van der Waals surface area contributed by atoms with Crippen molar-refractivity contribution in [3.8, 4) is 17.2 Å². The summed E-state index contributed by atoms with van der Waals surface area (Å²) in [4.78, 5) is 12.0. The molecule has 7 heteroatoms. The fourth-order valence-corrected chi connectivity index (χ4v) is 2.55. The van der Waals surface area contributed by atoms with Gasteiger partial charge in [0.2, 0.25) is 0 Å². The Balaban J connectivity index is 1.71. The second-order valence-corrected chi connectivity index (χ2v) is 5.43. The van der Waals surface area contributed by atoms with Crippen LogP contribution >= 0.6 is 11.6 Å². The summed E-state index contributed by atoms with van der Waals surface area (Å²) in [5, 5.41) is 0.369. The van der Waals surface area contributed by atoms with Crippen LogP contribution in [0.25, 0.3) is 0 Å². The topological polar surface area (TPSA) is 54.0 Å². The summed E-state index contributed by atoms with van der Waals surface area (Å²) < 4.78 is 34.8. The minimum Gasteiger partial charge on any atom is -0.497 e. The fourth-order valence-electron chi connectivity index (χ4n) is 2.26. The van der Waals surface area contributed by atoms with Gasteiger partial charge in [-0.1, -0.05) is 11.6 Å². The zero-order valence-electron chi connectivity index (χ0n) is 12.8. The summed E-state index contributed by atoms with van der Waals surface area (Å²) >= 11 is 6.12. The van der Waals surface area contributed by atoms with Gasteiger partial charge in [-0.3, -0.25) is 0 Å². The third-order valence-electron chi connectivity index (χ3n) is 3.42. The van der Waals surface area contributed by atoms with E-state index in [0.717, 1.165) is 6.07 Å². The van der Waals surface area contributed by atoms with Crippen molar-refractivity contribution >= 4 is 17.6 Å². The van der Waals surface area contributed by atoms with Gasteiger partial charge in [0.05, 0.1) is 17.7 Å². The molecule has 0 aromatic heterocycles. The lowest BCUT2D eigenvalue weighted by atomic mass is 10.2. The zero-order chi connectivity index (χ0) is 17.1. The molecule has 3 rings (SSSR count). The normalized spacial score (nSPS) is 12.6. The van der Waals surface area contributed by atoms with E-state index < -0.39 is 11.8 Å². The highest BCUT2D eigenvalue weighted by Gasteiger charge is 2.18. The molecule has 0 fully saturated rings. The first-order valence-electron chi connectivity index (χ1n) is 7.17. The molecule has 0 atom stereocenters. The standard InChI is InChI=1S/C17H14ClFO5/c1-21-11-2-3-12(14(19)8-11)17(20)24-9-10-6-13(18)16-15(7-10)22-4-5-23-16/h2-3,6-8H,4-5,9H2,1H3. The fraction of sp³-hybridized carbons (Fsp3) is 0.235. The summed E-state index contributed by atoms with van der Waals surface area (Å²) in [7, 11) is 1.42. The van der Waals surface area contributed by atoms with Crippen molar-refractivity contribution in [2.24, 2.45) is 0 Å². The number of rotatable bonds is 4. The Morgan fingerprint density at radius 3 is 2.79 bits per heavy atom. The van der Waals surface area contributed by atoms with Crippen LogP contribution in [0.1, 0.15) is 15.9 Å². The average Bonchev–Trinajstić information content (AvgIpc) is 2.59. The molecular weight excluding hydrogens is 339 g/mol. The van der Waals surface area contributed by atoms with Crippen LogP contribution in [-0.4, -0.2) is 26.3 Å². The molecule has 5 nitrogen and oxygen atoms in total. The molecule has 1 aliphatic heterocycles. The van der Waals surface area contributed by atoms with Crippen LogP contribution in [0, 0.1) is 5.82 Å². The molecule has 2 aromatic rings. The molecular formula is C17H14ClFO5. The van der Waals surface area contributed by atoms with Gasteiger partial charge in [0.1, 0.15) is 31.4 Å². The molecule has 2 aromatic carbocycles. The van der Waals surface area contributed by atoms with Crippen molar-refractivity contribution < 1.29 is 28.1 Å². The van der Waals surface area contributed by atoms with Gasteiger partial charge >= 0.3 is 5.97 Å². The maximum atomic E-state index is 13.9. The second kappa shape index (κ2) is 6.97. The molecule has 126 valence electrons. The molecule has 0 aliphatic carbocycles. The van der Waals surface area contributed by atoms with Crippen LogP contribution in [0.2, 0.25) is 5.02 Å². The van der Waals surface area contributed by atoms with Crippen molar-refractivity contribution in [2.75, 3.05) is 20.3 Å². The van der Waals surface area contributed by atoms with Crippen LogP contribution in [0.4, 0.5) is 4.39 Å². The van der Waals surface area contributed by atoms with E-state index >= 15 is 0 Å². The first-order chi connectivity index (χ1) is 11.6.